The van der Waals surface area contributed by atoms with Gasteiger partial charge in [0.2, 0.25) is 0 Å². The molecule has 1 heterocycles. The molecule has 0 aromatic heterocycles. The lowest BCUT2D eigenvalue weighted by Crippen LogP contribution is -2.48. The first-order valence-electron chi connectivity index (χ1n) is 4.35. The number of nitrogens with one attached hydrogen (secondary N) is 1. The molecule has 0 amide bonds. The fourth-order valence-corrected chi connectivity index (χ4v) is 1.24. The summed E-state index contributed by atoms with van der Waals surface area (Å²) < 4.78 is 0. The third kappa shape index (κ3) is 2.89. The average molecular weight is 171 g/mol. The van der Waals surface area contributed by atoms with Crippen LogP contribution in [0.5, 0.6) is 0 Å². The van der Waals surface area contributed by atoms with Gasteiger partial charge in [0.25, 0.3) is 0 Å². The van der Waals surface area contributed by atoms with Gasteiger partial charge in [0.15, 0.2) is 5.78 Å². The van der Waals surface area contributed by atoms with Gasteiger partial charge in [0, 0.05) is 32.7 Å². The quantitative estimate of drug-likeness (QED) is 0.564. The summed E-state index contributed by atoms with van der Waals surface area (Å²) in [6.07, 6.45) is 1.01. The maximum atomic E-state index is 11.3. The van der Waals surface area contributed by atoms with E-state index >= 15 is 0 Å². The van der Waals surface area contributed by atoms with E-state index in [0.717, 1.165) is 13.1 Å². The predicted octanol–water partition coefficient (Wildman–Crippen LogP) is -1.10. The molecular formula is C8H15N2O2. The highest BCUT2D eigenvalue weighted by atomic mass is 16.3. The highest BCUT2D eigenvalue weighted by molar-refractivity contribution is 5.84. The van der Waals surface area contributed by atoms with Crippen LogP contribution in [0, 0.1) is 0 Å². The molecule has 0 aliphatic carbocycles. The second kappa shape index (κ2) is 5.24. The van der Waals surface area contributed by atoms with Crippen LogP contribution in [0.25, 0.3) is 0 Å². The number of aliphatic hydroxyl groups is 1. The molecule has 1 aliphatic heterocycles. The third-order valence-electron chi connectivity index (χ3n) is 1.93. The second-order valence-corrected chi connectivity index (χ2v) is 2.92. The molecule has 1 atom stereocenters. The number of rotatable bonds is 4. The number of Topliss-reactive ketones (excluding diaryl/α,β-unsaturated/α-hetero) is 1. The average Bonchev–Trinajstić information content (AvgIpc) is 2.15. The summed E-state index contributed by atoms with van der Waals surface area (Å²) in [4.78, 5) is 11.3. The Morgan fingerprint density at radius 2 is 2.50 bits per heavy atom. The van der Waals surface area contributed by atoms with Gasteiger partial charge in [-0.3, -0.25) is 4.79 Å². The van der Waals surface area contributed by atoms with E-state index in [4.69, 9.17) is 5.11 Å². The Balaban J connectivity index is 2.20. The van der Waals surface area contributed by atoms with Crippen LogP contribution in [-0.2, 0) is 4.79 Å². The van der Waals surface area contributed by atoms with Crippen LogP contribution in [0.2, 0.25) is 0 Å². The topological polar surface area (TPSA) is 63.4 Å². The fourth-order valence-electron chi connectivity index (χ4n) is 1.24. The molecule has 69 valence electrons. The molecule has 12 heavy (non-hydrogen) atoms. The van der Waals surface area contributed by atoms with Crippen molar-refractivity contribution in [1.82, 2.24) is 10.6 Å². The van der Waals surface area contributed by atoms with Crippen molar-refractivity contribution in [2.75, 3.05) is 26.2 Å². The molecule has 1 fully saturated rings. The number of carbonyl (C=O) groups is 1. The molecule has 1 saturated heterocycles. The monoisotopic (exact) mass is 171 g/mol. The van der Waals surface area contributed by atoms with Gasteiger partial charge in [-0.1, -0.05) is 0 Å². The van der Waals surface area contributed by atoms with Crippen LogP contribution in [0.1, 0.15) is 12.8 Å². The van der Waals surface area contributed by atoms with Crippen LogP contribution < -0.4 is 10.6 Å². The van der Waals surface area contributed by atoms with E-state index in [-0.39, 0.29) is 18.4 Å². The molecule has 1 radical (unpaired) electrons. The van der Waals surface area contributed by atoms with Crippen molar-refractivity contribution in [3.8, 4) is 0 Å². The molecule has 0 bridgehead atoms. The summed E-state index contributed by atoms with van der Waals surface area (Å²) in [5.41, 5.74) is 0. The number of ketones is 1. The SMILES string of the molecule is O=C(CCCO)C1CNCC[N]1. The van der Waals surface area contributed by atoms with Gasteiger partial charge in [-0.05, 0) is 6.42 Å². The van der Waals surface area contributed by atoms with E-state index in [1.807, 2.05) is 0 Å². The molecule has 4 nitrogen and oxygen atoms in total. The minimum atomic E-state index is -0.162. The Morgan fingerprint density at radius 1 is 1.67 bits per heavy atom. The van der Waals surface area contributed by atoms with E-state index in [2.05, 4.69) is 10.6 Å². The number of aliphatic hydroxyl groups excluding tert-OH is 1. The third-order valence-corrected chi connectivity index (χ3v) is 1.93. The van der Waals surface area contributed by atoms with Crippen LogP contribution in [0.4, 0.5) is 0 Å². The van der Waals surface area contributed by atoms with Gasteiger partial charge in [-0.15, -0.1) is 0 Å². The largest absolute Gasteiger partial charge is 0.396 e. The Morgan fingerprint density at radius 3 is 3.08 bits per heavy atom. The summed E-state index contributed by atoms with van der Waals surface area (Å²) in [6.45, 7) is 2.37. The van der Waals surface area contributed by atoms with Gasteiger partial charge >= 0.3 is 0 Å². The first kappa shape index (κ1) is 9.64. The van der Waals surface area contributed by atoms with Crippen molar-refractivity contribution in [2.24, 2.45) is 0 Å². The van der Waals surface area contributed by atoms with Crippen molar-refractivity contribution in [3.63, 3.8) is 0 Å². The molecule has 1 aliphatic rings. The normalized spacial score (nSPS) is 23.9. The summed E-state index contributed by atoms with van der Waals surface area (Å²) in [7, 11) is 0. The molecule has 4 heteroatoms. The number of carbonyl (C=O) groups excluding carboxylic acids is 1. The van der Waals surface area contributed by atoms with Gasteiger partial charge in [-0.25, -0.2) is 5.32 Å². The highest BCUT2D eigenvalue weighted by Crippen LogP contribution is 1.98. The molecule has 0 saturated carbocycles. The first-order chi connectivity index (χ1) is 5.84. The molecule has 1 rings (SSSR count). The maximum absolute atomic E-state index is 11.3. The molecule has 0 aromatic rings. The maximum Gasteiger partial charge on any atom is 0.152 e. The number of piperazine rings is 1. The molecule has 0 spiro atoms. The van der Waals surface area contributed by atoms with Crippen LogP contribution in [0.3, 0.4) is 0 Å². The Kier molecular flexibility index (Phi) is 4.21. The zero-order chi connectivity index (χ0) is 8.81. The van der Waals surface area contributed by atoms with Gasteiger partial charge in [0.05, 0.1) is 6.04 Å². The van der Waals surface area contributed by atoms with Gasteiger partial charge < -0.3 is 10.4 Å². The predicted molar refractivity (Wildman–Crippen MR) is 45.0 cm³/mol. The molecular weight excluding hydrogens is 156 g/mol. The number of hydrogen-bond acceptors (Lipinski definition) is 3. The standard InChI is InChI=1S/C8H15N2O2/c11-5-1-2-8(12)7-6-9-3-4-10-7/h7,9,11H,1-6H2. The zero-order valence-corrected chi connectivity index (χ0v) is 7.12. The number of nitrogens with zero attached hydrogens (tertiary/aromatic N) is 1. The lowest BCUT2D eigenvalue weighted by Gasteiger charge is -2.21. The minimum absolute atomic E-state index is 0.0892. The smallest absolute Gasteiger partial charge is 0.152 e. The van der Waals surface area contributed by atoms with E-state index in [1.165, 1.54) is 0 Å². The van der Waals surface area contributed by atoms with E-state index < -0.39 is 0 Å². The Labute approximate surface area is 72.3 Å². The molecule has 1 unspecified atom stereocenters. The van der Waals surface area contributed by atoms with E-state index in [0.29, 0.717) is 19.4 Å². The van der Waals surface area contributed by atoms with E-state index in [1.54, 1.807) is 0 Å². The summed E-state index contributed by atoms with van der Waals surface area (Å²) in [6, 6.07) is -0.162. The Hall–Kier alpha value is -0.450. The molecule has 2 N–H and O–H groups in total. The van der Waals surface area contributed by atoms with Crippen LogP contribution in [-0.4, -0.2) is 43.2 Å². The van der Waals surface area contributed by atoms with Crippen molar-refractivity contribution >= 4 is 5.78 Å². The summed E-state index contributed by atoms with van der Waals surface area (Å²) in [5.74, 6) is 0.149. The van der Waals surface area contributed by atoms with Gasteiger partial charge in [0.1, 0.15) is 0 Å². The summed E-state index contributed by atoms with van der Waals surface area (Å²) >= 11 is 0. The minimum Gasteiger partial charge on any atom is -0.396 e. The highest BCUT2D eigenvalue weighted by Gasteiger charge is 2.20. The summed E-state index contributed by atoms with van der Waals surface area (Å²) in [5, 5.41) is 15.8. The fraction of sp³-hybridized carbons (Fsp3) is 0.875. The molecule has 0 aromatic carbocycles. The van der Waals surface area contributed by atoms with Gasteiger partial charge in [-0.2, -0.15) is 0 Å². The lowest BCUT2D eigenvalue weighted by molar-refractivity contribution is -0.121. The van der Waals surface area contributed by atoms with Crippen LogP contribution >= 0.6 is 0 Å². The van der Waals surface area contributed by atoms with E-state index in [9.17, 15) is 4.79 Å². The van der Waals surface area contributed by atoms with Crippen molar-refractivity contribution in [3.05, 3.63) is 0 Å². The first-order valence-corrected chi connectivity index (χ1v) is 4.35. The lowest BCUT2D eigenvalue weighted by atomic mass is 10.1. The van der Waals surface area contributed by atoms with Crippen molar-refractivity contribution < 1.29 is 9.90 Å². The van der Waals surface area contributed by atoms with Crippen molar-refractivity contribution in [2.45, 2.75) is 18.9 Å². The Bertz CT molecular complexity index is 144. The number of hydrogen-bond donors (Lipinski definition) is 2. The second-order valence-electron chi connectivity index (χ2n) is 2.92. The zero-order valence-electron chi connectivity index (χ0n) is 7.12. The van der Waals surface area contributed by atoms with Crippen molar-refractivity contribution in [1.29, 1.82) is 0 Å². The van der Waals surface area contributed by atoms with Crippen LogP contribution in [0.15, 0.2) is 0 Å².